The van der Waals surface area contributed by atoms with Crippen molar-refractivity contribution in [2.75, 3.05) is 25.5 Å². The molecule has 1 amide bonds. The van der Waals surface area contributed by atoms with E-state index in [1.165, 1.54) is 0 Å². The molecule has 0 spiro atoms. The van der Waals surface area contributed by atoms with Crippen molar-refractivity contribution >= 4 is 17.4 Å². The third-order valence-corrected chi connectivity index (χ3v) is 4.48. The van der Waals surface area contributed by atoms with Crippen LogP contribution in [0, 0.1) is 0 Å². The third kappa shape index (κ3) is 3.50. The molecular weight excluding hydrogens is 314 g/mol. The summed E-state index contributed by atoms with van der Waals surface area (Å²) in [5, 5.41) is 6.32. The van der Waals surface area contributed by atoms with Crippen molar-refractivity contribution in [3.63, 3.8) is 0 Å². The van der Waals surface area contributed by atoms with Crippen LogP contribution in [0.1, 0.15) is 25.0 Å². The minimum atomic E-state index is -0.676. The normalized spacial score (nSPS) is 13.8. The lowest BCUT2D eigenvalue weighted by molar-refractivity contribution is -0.120. The van der Waals surface area contributed by atoms with Gasteiger partial charge in [0.05, 0.1) is 24.8 Å². The van der Waals surface area contributed by atoms with E-state index in [1.54, 1.807) is 7.11 Å². The molecule has 0 radical (unpaired) electrons. The number of carbonyl (C=O) groups excluding carboxylic acids is 1. The Morgan fingerprint density at radius 3 is 2.52 bits per heavy atom. The quantitative estimate of drug-likeness (QED) is 0.882. The zero-order valence-electron chi connectivity index (χ0n) is 14.8. The maximum absolute atomic E-state index is 13.0. The summed E-state index contributed by atoms with van der Waals surface area (Å²) in [6, 6.07) is 15.3. The predicted molar refractivity (Wildman–Crippen MR) is 100 cm³/mol. The Bertz CT molecular complexity index is 795. The van der Waals surface area contributed by atoms with E-state index in [0.717, 1.165) is 41.5 Å². The van der Waals surface area contributed by atoms with Crippen molar-refractivity contribution in [2.45, 2.75) is 19.3 Å². The van der Waals surface area contributed by atoms with Gasteiger partial charge in [0, 0.05) is 12.1 Å². The molecule has 2 aromatic carbocycles. The van der Waals surface area contributed by atoms with E-state index in [9.17, 15) is 4.79 Å². The lowest BCUT2D eigenvalue weighted by Crippen LogP contribution is -2.35. The highest BCUT2D eigenvalue weighted by Crippen LogP contribution is 2.28. The van der Waals surface area contributed by atoms with E-state index < -0.39 is 5.41 Å². The second-order valence-corrected chi connectivity index (χ2v) is 6.51. The minimum absolute atomic E-state index is 0.0660. The number of ether oxygens (including phenoxy) is 1. The SMILES string of the molecule is COc1ccc(C(C)(C)C(=O)Nc2ccccc2C2=NCCN2)cc1. The van der Waals surface area contributed by atoms with E-state index in [4.69, 9.17) is 4.74 Å². The average molecular weight is 337 g/mol. The average Bonchev–Trinajstić information content (AvgIpc) is 3.16. The molecule has 0 aromatic heterocycles. The van der Waals surface area contributed by atoms with Gasteiger partial charge in [-0.2, -0.15) is 0 Å². The van der Waals surface area contributed by atoms with Gasteiger partial charge in [-0.1, -0.05) is 24.3 Å². The molecule has 0 bridgehead atoms. The number of hydrogen-bond donors (Lipinski definition) is 2. The van der Waals surface area contributed by atoms with Crippen LogP contribution in [0.25, 0.3) is 0 Å². The Morgan fingerprint density at radius 1 is 1.16 bits per heavy atom. The highest BCUT2D eigenvalue weighted by atomic mass is 16.5. The Hall–Kier alpha value is -2.82. The number of methoxy groups -OCH3 is 1. The number of rotatable bonds is 5. The monoisotopic (exact) mass is 337 g/mol. The van der Waals surface area contributed by atoms with Gasteiger partial charge < -0.3 is 15.4 Å². The van der Waals surface area contributed by atoms with Gasteiger partial charge in [-0.05, 0) is 43.7 Å². The molecule has 1 aliphatic rings. The second kappa shape index (κ2) is 6.97. The number of amidine groups is 1. The fraction of sp³-hybridized carbons (Fsp3) is 0.300. The number of nitrogens with one attached hydrogen (secondary N) is 2. The van der Waals surface area contributed by atoms with Crippen molar-refractivity contribution in [3.8, 4) is 5.75 Å². The minimum Gasteiger partial charge on any atom is -0.497 e. The molecule has 0 unspecified atom stereocenters. The maximum Gasteiger partial charge on any atom is 0.234 e. The van der Waals surface area contributed by atoms with Crippen LogP contribution in [0.15, 0.2) is 53.5 Å². The molecule has 25 heavy (non-hydrogen) atoms. The number of carbonyl (C=O) groups is 1. The van der Waals surface area contributed by atoms with Crippen LogP contribution in [0.2, 0.25) is 0 Å². The highest BCUT2D eigenvalue weighted by Gasteiger charge is 2.30. The first-order valence-corrected chi connectivity index (χ1v) is 8.36. The van der Waals surface area contributed by atoms with Crippen molar-refractivity contribution in [1.29, 1.82) is 0 Å². The lowest BCUT2D eigenvalue weighted by Gasteiger charge is -2.25. The predicted octanol–water partition coefficient (Wildman–Crippen LogP) is 2.96. The molecule has 0 fully saturated rings. The molecule has 2 aromatic rings. The molecule has 5 heteroatoms. The van der Waals surface area contributed by atoms with Gasteiger partial charge in [0.15, 0.2) is 0 Å². The summed E-state index contributed by atoms with van der Waals surface area (Å²) in [5.41, 5.74) is 1.94. The van der Waals surface area contributed by atoms with Crippen LogP contribution in [0.3, 0.4) is 0 Å². The summed E-state index contributed by atoms with van der Waals surface area (Å²) >= 11 is 0. The summed E-state index contributed by atoms with van der Waals surface area (Å²) in [6.45, 7) is 5.42. The summed E-state index contributed by atoms with van der Waals surface area (Å²) in [5.74, 6) is 1.54. The summed E-state index contributed by atoms with van der Waals surface area (Å²) in [7, 11) is 1.63. The van der Waals surface area contributed by atoms with E-state index in [-0.39, 0.29) is 5.91 Å². The zero-order valence-corrected chi connectivity index (χ0v) is 14.8. The van der Waals surface area contributed by atoms with Crippen LogP contribution in [0.4, 0.5) is 5.69 Å². The zero-order chi connectivity index (χ0) is 17.9. The first-order valence-electron chi connectivity index (χ1n) is 8.36. The second-order valence-electron chi connectivity index (χ2n) is 6.51. The van der Waals surface area contributed by atoms with Crippen molar-refractivity contribution in [3.05, 3.63) is 59.7 Å². The van der Waals surface area contributed by atoms with Gasteiger partial charge in [-0.15, -0.1) is 0 Å². The third-order valence-electron chi connectivity index (χ3n) is 4.48. The van der Waals surface area contributed by atoms with Crippen LogP contribution in [-0.2, 0) is 10.2 Å². The molecule has 2 N–H and O–H groups in total. The number of aliphatic imine (C=N–C) groups is 1. The van der Waals surface area contributed by atoms with Gasteiger partial charge in [0.25, 0.3) is 0 Å². The Kier molecular flexibility index (Phi) is 4.74. The van der Waals surface area contributed by atoms with Crippen LogP contribution in [0.5, 0.6) is 5.75 Å². The first-order chi connectivity index (χ1) is 12.0. The van der Waals surface area contributed by atoms with Crippen molar-refractivity contribution in [2.24, 2.45) is 4.99 Å². The van der Waals surface area contributed by atoms with Gasteiger partial charge in [0.1, 0.15) is 11.6 Å². The molecule has 0 saturated carbocycles. The number of hydrogen-bond acceptors (Lipinski definition) is 4. The van der Waals surface area contributed by atoms with Gasteiger partial charge >= 0.3 is 0 Å². The van der Waals surface area contributed by atoms with E-state index >= 15 is 0 Å². The van der Waals surface area contributed by atoms with E-state index in [0.29, 0.717) is 0 Å². The molecule has 0 aliphatic carbocycles. The number of benzene rings is 2. The summed E-state index contributed by atoms with van der Waals surface area (Å²) in [4.78, 5) is 17.4. The van der Waals surface area contributed by atoms with Crippen LogP contribution >= 0.6 is 0 Å². The molecule has 130 valence electrons. The summed E-state index contributed by atoms with van der Waals surface area (Å²) in [6.07, 6.45) is 0. The van der Waals surface area contributed by atoms with Crippen LogP contribution < -0.4 is 15.4 Å². The van der Waals surface area contributed by atoms with Crippen molar-refractivity contribution < 1.29 is 9.53 Å². The van der Waals surface area contributed by atoms with Gasteiger partial charge in [-0.3, -0.25) is 9.79 Å². The molecule has 5 nitrogen and oxygen atoms in total. The number of amides is 1. The summed E-state index contributed by atoms with van der Waals surface area (Å²) < 4.78 is 5.19. The lowest BCUT2D eigenvalue weighted by atomic mass is 9.83. The fourth-order valence-corrected chi connectivity index (χ4v) is 2.79. The standard InChI is InChI=1S/C20H23N3O2/c1-20(2,14-8-10-15(25-3)11-9-14)19(24)23-17-7-5-4-6-16(17)18-21-12-13-22-18/h4-11H,12-13H2,1-3H3,(H,21,22)(H,23,24). The Labute approximate surface area is 148 Å². The molecular formula is C20H23N3O2. The Morgan fingerprint density at radius 2 is 1.88 bits per heavy atom. The number of nitrogens with zero attached hydrogens (tertiary/aromatic N) is 1. The topological polar surface area (TPSA) is 62.7 Å². The van der Waals surface area contributed by atoms with E-state index in [1.807, 2.05) is 62.4 Å². The first kappa shape index (κ1) is 17.0. The smallest absolute Gasteiger partial charge is 0.234 e. The number of anilines is 1. The Balaban J connectivity index is 1.84. The fourth-order valence-electron chi connectivity index (χ4n) is 2.79. The maximum atomic E-state index is 13.0. The van der Waals surface area contributed by atoms with E-state index in [2.05, 4.69) is 15.6 Å². The largest absolute Gasteiger partial charge is 0.497 e. The van der Waals surface area contributed by atoms with Gasteiger partial charge in [0.2, 0.25) is 5.91 Å². The molecule has 3 rings (SSSR count). The molecule has 0 saturated heterocycles. The van der Waals surface area contributed by atoms with Crippen molar-refractivity contribution in [1.82, 2.24) is 5.32 Å². The molecule has 1 aliphatic heterocycles. The number of para-hydroxylation sites is 1. The van der Waals surface area contributed by atoms with Crippen LogP contribution in [-0.4, -0.2) is 31.9 Å². The molecule has 1 heterocycles. The highest BCUT2D eigenvalue weighted by molar-refractivity contribution is 6.08. The molecule has 0 atom stereocenters. The van der Waals surface area contributed by atoms with Gasteiger partial charge in [-0.25, -0.2) is 0 Å².